The van der Waals surface area contributed by atoms with Crippen LogP contribution in [0.4, 0.5) is 28.9 Å². The number of alkyl halides is 4. The van der Waals surface area contributed by atoms with Gasteiger partial charge in [0.05, 0.1) is 11.6 Å². The Balaban J connectivity index is 2.18. The first kappa shape index (κ1) is 19.2. The third kappa shape index (κ3) is 2.97. The molecule has 1 aliphatic carbocycles. The summed E-state index contributed by atoms with van der Waals surface area (Å²) in [6.07, 6.45) is 0. The van der Waals surface area contributed by atoms with E-state index in [-0.39, 0.29) is 5.69 Å². The van der Waals surface area contributed by atoms with Gasteiger partial charge in [-0.25, -0.2) is 0 Å². The number of nitrogens with one attached hydrogen (secondary N) is 1. The minimum atomic E-state index is -4.58. The van der Waals surface area contributed by atoms with Crippen LogP contribution in [-0.4, -0.2) is 30.7 Å². The molecule has 138 valence electrons. The minimum absolute atomic E-state index is 0.0851. The summed E-state index contributed by atoms with van der Waals surface area (Å²) in [4.78, 5) is 11.4. The van der Waals surface area contributed by atoms with E-state index in [0.29, 0.717) is 0 Å². The van der Waals surface area contributed by atoms with E-state index in [1.807, 2.05) is 0 Å². The lowest BCUT2D eigenvalue weighted by molar-refractivity contribution is -0.338. The van der Waals surface area contributed by atoms with Crippen LogP contribution in [0.5, 0.6) is 0 Å². The van der Waals surface area contributed by atoms with Crippen molar-refractivity contribution in [1.29, 1.82) is 0 Å². The largest absolute Gasteiger partial charge is 0.398 e. The number of anilines is 2. The zero-order chi connectivity index (χ0) is 19.4. The lowest BCUT2D eigenvalue weighted by atomic mass is 9.64. The van der Waals surface area contributed by atoms with Gasteiger partial charge in [0, 0.05) is 17.2 Å². The van der Waals surface area contributed by atoms with E-state index in [0.717, 1.165) is 25.1 Å². The van der Waals surface area contributed by atoms with Crippen LogP contribution in [0.1, 0.15) is 6.92 Å². The highest BCUT2D eigenvalue weighted by atomic mass is 32.2. The number of hydrogen-bond donors (Lipinski definition) is 3. The second kappa shape index (κ2) is 5.70. The Kier molecular flexibility index (Phi) is 4.37. The molecule has 4 N–H and O–H groups in total. The molecule has 2 rings (SSSR count). The van der Waals surface area contributed by atoms with Crippen molar-refractivity contribution in [2.45, 2.75) is 23.7 Å². The molecule has 0 aliphatic heterocycles. The van der Waals surface area contributed by atoms with Gasteiger partial charge in [-0.3, -0.25) is 9.35 Å². The molecule has 11 heteroatoms. The van der Waals surface area contributed by atoms with Gasteiger partial charge in [0.2, 0.25) is 0 Å². The second-order valence-corrected chi connectivity index (χ2v) is 7.11. The molecule has 1 fully saturated rings. The number of carbonyl (C=O) groups is 1. The number of halogens is 4. The third-order valence-corrected chi connectivity index (χ3v) is 5.05. The first-order chi connectivity index (χ1) is 11.2. The van der Waals surface area contributed by atoms with Crippen molar-refractivity contribution in [3.8, 4) is 0 Å². The quantitative estimate of drug-likeness (QED) is 0.321. The molecule has 0 bridgehead atoms. The van der Waals surface area contributed by atoms with Gasteiger partial charge in [-0.05, 0) is 18.2 Å². The third-order valence-electron chi connectivity index (χ3n) is 4.12. The molecule has 6 nitrogen and oxygen atoms in total. The molecule has 1 amide bonds. The van der Waals surface area contributed by atoms with Gasteiger partial charge < -0.3 is 11.1 Å². The normalized spacial score (nSPS) is 24.2. The Morgan fingerprint density at radius 3 is 2.28 bits per heavy atom. The van der Waals surface area contributed by atoms with Crippen LogP contribution in [0.25, 0.3) is 0 Å². The summed E-state index contributed by atoms with van der Waals surface area (Å²) < 4.78 is 84.4. The number of nitrogens with two attached hydrogens (primary N) is 1. The van der Waals surface area contributed by atoms with Gasteiger partial charge in [0.15, 0.2) is 0 Å². The Labute approximate surface area is 140 Å². The summed E-state index contributed by atoms with van der Waals surface area (Å²) in [5, 5.41) is 2.12. The Morgan fingerprint density at radius 1 is 1.28 bits per heavy atom. The smallest absolute Gasteiger partial charge is 0.317 e. The maximum Gasteiger partial charge on any atom is 0.317 e. The highest BCUT2D eigenvalue weighted by Crippen LogP contribution is 2.61. The lowest BCUT2D eigenvalue weighted by Crippen LogP contribution is -2.66. The molecule has 0 heterocycles. The van der Waals surface area contributed by atoms with E-state index in [9.17, 15) is 30.8 Å². The average molecular weight is 382 g/mol. The van der Waals surface area contributed by atoms with Crippen molar-refractivity contribution in [3.63, 3.8) is 0 Å². The summed E-state index contributed by atoms with van der Waals surface area (Å²) in [5.74, 6) is -13.6. The van der Waals surface area contributed by atoms with E-state index in [2.05, 4.69) is 11.9 Å². The predicted octanol–water partition coefficient (Wildman–Crippen LogP) is 2.55. The number of benzene rings is 1. The van der Waals surface area contributed by atoms with Crippen LogP contribution >= 0.6 is 0 Å². The molecule has 0 saturated heterocycles. The zero-order valence-electron chi connectivity index (χ0n) is 12.8. The van der Waals surface area contributed by atoms with Gasteiger partial charge in [-0.2, -0.15) is 26.0 Å². The number of rotatable bonds is 4. The van der Waals surface area contributed by atoms with Crippen LogP contribution in [0.15, 0.2) is 35.2 Å². The zero-order valence-corrected chi connectivity index (χ0v) is 13.6. The Morgan fingerprint density at radius 2 is 1.84 bits per heavy atom. The molecule has 2 atom stereocenters. The van der Waals surface area contributed by atoms with Gasteiger partial charge in [-0.15, -0.1) is 0 Å². The van der Waals surface area contributed by atoms with E-state index >= 15 is 0 Å². The predicted molar refractivity (Wildman–Crippen MR) is 81.0 cm³/mol. The molecule has 0 spiro atoms. The molecular weight excluding hydrogens is 368 g/mol. The van der Waals surface area contributed by atoms with Crippen molar-refractivity contribution in [3.05, 3.63) is 30.4 Å². The fourth-order valence-corrected chi connectivity index (χ4v) is 3.27. The minimum Gasteiger partial charge on any atom is -0.398 e. The Hall–Kier alpha value is -2.14. The molecule has 1 saturated carbocycles. The van der Waals surface area contributed by atoms with E-state index in [4.69, 9.17) is 10.3 Å². The number of nitrogen functional groups attached to an aromatic ring is 1. The maximum atomic E-state index is 13.5. The summed E-state index contributed by atoms with van der Waals surface area (Å²) in [6.45, 7) is 4.06. The fourth-order valence-electron chi connectivity index (χ4n) is 2.67. The molecule has 25 heavy (non-hydrogen) atoms. The number of hydrogen-bond acceptors (Lipinski definition) is 4. The van der Waals surface area contributed by atoms with Crippen molar-refractivity contribution in [1.82, 2.24) is 0 Å². The molecule has 2 unspecified atom stereocenters. The van der Waals surface area contributed by atoms with Crippen LogP contribution in [0.3, 0.4) is 0 Å². The van der Waals surface area contributed by atoms with Crippen LogP contribution < -0.4 is 11.1 Å². The maximum absolute atomic E-state index is 13.5. The highest BCUT2D eigenvalue weighted by Gasteiger charge is 2.77. The van der Waals surface area contributed by atoms with Crippen molar-refractivity contribution < 1.29 is 35.3 Å². The van der Waals surface area contributed by atoms with E-state index < -0.39 is 55.9 Å². The first-order valence-electron chi connectivity index (χ1n) is 6.84. The fraction of sp³-hybridized carbons (Fsp3) is 0.357. The van der Waals surface area contributed by atoms with Gasteiger partial charge >= 0.3 is 11.8 Å². The van der Waals surface area contributed by atoms with Crippen molar-refractivity contribution in [2.75, 3.05) is 11.1 Å². The van der Waals surface area contributed by atoms with E-state index in [1.54, 1.807) is 0 Å². The van der Waals surface area contributed by atoms with Crippen LogP contribution in [-0.2, 0) is 14.9 Å². The molecule has 1 aliphatic rings. The summed E-state index contributed by atoms with van der Waals surface area (Å²) in [7, 11) is -4.58. The second-order valence-electron chi connectivity index (χ2n) is 5.72. The molecule has 1 aromatic rings. The van der Waals surface area contributed by atoms with Crippen LogP contribution in [0, 0.1) is 11.8 Å². The van der Waals surface area contributed by atoms with Gasteiger partial charge in [0.1, 0.15) is 4.90 Å². The number of amides is 1. The standard InChI is InChI=1S/C14H14F4N2O4S/c1-6(11-7(2)13(15,16)14(11,17)18)12(21)20-8-3-4-10(9(19)5-8)25(22,23)24/h3-5,7,11H,1,19H2,2H3,(H,20,21)(H,22,23,24). The average Bonchev–Trinajstić information content (AvgIpc) is 2.45. The topological polar surface area (TPSA) is 109 Å². The SMILES string of the molecule is C=C(C(=O)Nc1ccc(S(=O)(=O)O)c(N)c1)C1C(C)C(F)(F)C1(F)F. The Bertz CT molecular complexity index is 854. The summed E-state index contributed by atoms with van der Waals surface area (Å²) >= 11 is 0. The van der Waals surface area contributed by atoms with Crippen molar-refractivity contribution in [2.24, 2.45) is 11.8 Å². The van der Waals surface area contributed by atoms with Crippen molar-refractivity contribution >= 4 is 27.4 Å². The molecule has 1 aromatic carbocycles. The summed E-state index contributed by atoms with van der Waals surface area (Å²) in [6, 6.07) is 2.89. The molecule has 0 radical (unpaired) electrons. The van der Waals surface area contributed by atoms with Crippen LogP contribution in [0.2, 0.25) is 0 Å². The highest BCUT2D eigenvalue weighted by molar-refractivity contribution is 7.86. The summed E-state index contributed by atoms with van der Waals surface area (Å²) in [5.41, 5.74) is 4.20. The monoisotopic (exact) mass is 382 g/mol. The van der Waals surface area contributed by atoms with Gasteiger partial charge in [-0.1, -0.05) is 13.5 Å². The molecule has 0 aromatic heterocycles. The molecular formula is C14H14F4N2O4S. The van der Waals surface area contributed by atoms with Gasteiger partial charge in [0.25, 0.3) is 16.0 Å². The number of carbonyl (C=O) groups excluding carboxylic acids is 1. The van der Waals surface area contributed by atoms with E-state index in [1.165, 1.54) is 0 Å². The lowest BCUT2D eigenvalue weighted by Gasteiger charge is -2.49. The first-order valence-corrected chi connectivity index (χ1v) is 8.28.